The van der Waals surface area contributed by atoms with Crippen molar-refractivity contribution in [1.82, 2.24) is 0 Å². The molecule has 0 atom stereocenters. The Bertz CT molecular complexity index is 457. The van der Waals surface area contributed by atoms with Crippen LogP contribution in [0.15, 0.2) is 41.5 Å². The van der Waals surface area contributed by atoms with Crippen LogP contribution in [0.5, 0.6) is 0 Å². The molecule has 0 fully saturated rings. The second-order valence-corrected chi connectivity index (χ2v) is 5.03. The summed E-state index contributed by atoms with van der Waals surface area (Å²) in [5.41, 5.74) is 4.00. The van der Waals surface area contributed by atoms with Crippen LogP contribution in [0.1, 0.15) is 50.7 Å². The first-order valence-electron chi connectivity index (χ1n) is 6.18. The van der Waals surface area contributed by atoms with Crippen LogP contribution in [-0.2, 0) is 0 Å². The highest BCUT2D eigenvalue weighted by Gasteiger charge is 2.22. The smallest absolute Gasteiger partial charge is 0.340 e. The zero-order chi connectivity index (χ0) is 12.4. The molecule has 2 nitrogen and oxygen atoms in total. The molecule has 0 spiro atoms. The van der Waals surface area contributed by atoms with E-state index in [0.29, 0.717) is 11.8 Å². The SMILES string of the molecule is CC(C)c1cccc(C(C)C)c1-[n+]1ccoc1. The summed E-state index contributed by atoms with van der Waals surface area (Å²) in [5.74, 6) is 1.01. The van der Waals surface area contributed by atoms with E-state index in [1.54, 1.807) is 12.7 Å². The van der Waals surface area contributed by atoms with E-state index in [-0.39, 0.29) is 0 Å². The third-order valence-electron chi connectivity index (χ3n) is 3.08. The lowest BCUT2D eigenvalue weighted by Crippen LogP contribution is -2.31. The number of para-hydroxylation sites is 1. The molecule has 1 aromatic heterocycles. The Morgan fingerprint density at radius 1 is 1.00 bits per heavy atom. The maximum atomic E-state index is 5.20. The van der Waals surface area contributed by atoms with Crippen LogP contribution in [0.4, 0.5) is 0 Å². The lowest BCUT2D eigenvalue weighted by molar-refractivity contribution is -0.600. The van der Waals surface area contributed by atoms with Crippen LogP contribution in [0, 0.1) is 0 Å². The van der Waals surface area contributed by atoms with Crippen LogP contribution in [-0.4, -0.2) is 0 Å². The number of aromatic nitrogens is 1. The van der Waals surface area contributed by atoms with Crippen LogP contribution < -0.4 is 4.57 Å². The van der Waals surface area contributed by atoms with E-state index < -0.39 is 0 Å². The summed E-state index contributed by atoms with van der Waals surface area (Å²) in [6.45, 7) is 8.90. The largest absolute Gasteiger partial charge is 0.412 e. The standard InChI is InChI=1S/C15H20NO/c1-11(2)13-6-5-7-14(12(3)4)15(13)16-8-9-17-10-16/h5-12H,1-4H3/q+1. The van der Waals surface area contributed by atoms with Crippen molar-refractivity contribution in [3.8, 4) is 5.69 Å². The van der Waals surface area contributed by atoms with E-state index in [1.807, 2.05) is 6.20 Å². The average molecular weight is 230 g/mol. The summed E-state index contributed by atoms with van der Waals surface area (Å²) < 4.78 is 7.28. The van der Waals surface area contributed by atoms with Crippen molar-refractivity contribution in [2.45, 2.75) is 39.5 Å². The monoisotopic (exact) mass is 230 g/mol. The van der Waals surface area contributed by atoms with Gasteiger partial charge in [-0.05, 0) is 11.8 Å². The number of hydrogen-bond donors (Lipinski definition) is 0. The van der Waals surface area contributed by atoms with Gasteiger partial charge in [0, 0.05) is 11.1 Å². The minimum absolute atomic E-state index is 0.506. The molecule has 0 N–H and O–H groups in total. The molecule has 90 valence electrons. The van der Waals surface area contributed by atoms with Crippen LogP contribution in [0.2, 0.25) is 0 Å². The topological polar surface area (TPSA) is 17.0 Å². The van der Waals surface area contributed by atoms with Gasteiger partial charge < -0.3 is 4.42 Å². The molecule has 0 radical (unpaired) electrons. The molecule has 0 aliphatic heterocycles. The second kappa shape index (κ2) is 4.74. The minimum atomic E-state index is 0.506. The molecular weight excluding hydrogens is 210 g/mol. The Morgan fingerprint density at radius 2 is 1.59 bits per heavy atom. The highest BCUT2D eigenvalue weighted by atomic mass is 16.3. The van der Waals surface area contributed by atoms with Gasteiger partial charge in [-0.15, -0.1) is 4.57 Å². The fourth-order valence-electron chi connectivity index (χ4n) is 2.17. The van der Waals surface area contributed by atoms with Crippen LogP contribution >= 0.6 is 0 Å². The Labute approximate surface area is 103 Å². The molecule has 2 aromatic rings. The van der Waals surface area contributed by atoms with E-state index in [2.05, 4.69) is 50.5 Å². The van der Waals surface area contributed by atoms with Crippen LogP contribution in [0.25, 0.3) is 5.69 Å². The van der Waals surface area contributed by atoms with Gasteiger partial charge in [0.1, 0.15) is 0 Å². The molecular formula is C15H20NO+. The van der Waals surface area contributed by atoms with Crippen molar-refractivity contribution in [3.05, 3.63) is 48.2 Å². The van der Waals surface area contributed by atoms with Gasteiger partial charge in [0.2, 0.25) is 11.9 Å². The fourth-order valence-corrected chi connectivity index (χ4v) is 2.17. The van der Waals surface area contributed by atoms with E-state index in [4.69, 9.17) is 4.42 Å². The zero-order valence-electron chi connectivity index (χ0n) is 11.0. The molecule has 0 bridgehead atoms. The Balaban J connectivity index is 2.67. The van der Waals surface area contributed by atoms with Gasteiger partial charge in [-0.1, -0.05) is 45.9 Å². The molecule has 0 aliphatic rings. The summed E-state index contributed by atoms with van der Waals surface area (Å²) in [6.07, 6.45) is 5.43. The van der Waals surface area contributed by atoms with Crippen molar-refractivity contribution >= 4 is 0 Å². The zero-order valence-corrected chi connectivity index (χ0v) is 11.0. The first-order chi connectivity index (χ1) is 8.11. The number of nitrogens with zero attached hydrogens (tertiary/aromatic N) is 1. The lowest BCUT2D eigenvalue weighted by atomic mass is 9.92. The summed E-state index contributed by atoms with van der Waals surface area (Å²) in [6, 6.07) is 6.55. The molecule has 2 rings (SSSR count). The second-order valence-electron chi connectivity index (χ2n) is 5.03. The predicted molar refractivity (Wildman–Crippen MR) is 68.4 cm³/mol. The number of benzene rings is 1. The average Bonchev–Trinajstić information content (AvgIpc) is 2.80. The number of oxazole rings is 1. The van der Waals surface area contributed by atoms with Gasteiger partial charge in [-0.3, -0.25) is 0 Å². The number of rotatable bonds is 3. The van der Waals surface area contributed by atoms with Gasteiger partial charge >= 0.3 is 6.39 Å². The Hall–Kier alpha value is -1.57. The lowest BCUT2D eigenvalue weighted by Gasteiger charge is -2.13. The van der Waals surface area contributed by atoms with Crippen molar-refractivity contribution in [2.24, 2.45) is 0 Å². The summed E-state index contributed by atoms with van der Waals surface area (Å²) in [5, 5.41) is 0. The van der Waals surface area contributed by atoms with Crippen molar-refractivity contribution in [1.29, 1.82) is 0 Å². The van der Waals surface area contributed by atoms with Gasteiger partial charge in [0.15, 0.2) is 6.26 Å². The van der Waals surface area contributed by atoms with E-state index in [0.717, 1.165) is 0 Å². The minimum Gasteiger partial charge on any atom is -0.412 e. The van der Waals surface area contributed by atoms with Crippen molar-refractivity contribution in [3.63, 3.8) is 0 Å². The maximum Gasteiger partial charge on any atom is 0.340 e. The Kier molecular flexibility index (Phi) is 3.32. The molecule has 0 unspecified atom stereocenters. The highest BCUT2D eigenvalue weighted by Crippen LogP contribution is 2.27. The van der Waals surface area contributed by atoms with Crippen molar-refractivity contribution in [2.75, 3.05) is 0 Å². The normalized spacial score (nSPS) is 11.4. The molecule has 2 heteroatoms. The van der Waals surface area contributed by atoms with E-state index in [1.165, 1.54) is 16.8 Å². The molecule has 0 saturated carbocycles. The molecule has 1 aromatic carbocycles. The molecule has 1 heterocycles. The molecule has 17 heavy (non-hydrogen) atoms. The first-order valence-corrected chi connectivity index (χ1v) is 6.18. The summed E-state index contributed by atoms with van der Waals surface area (Å²) >= 11 is 0. The van der Waals surface area contributed by atoms with Gasteiger partial charge in [-0.2, -0.15) is 0 Å². The molecule has 0 amide bonds. The number of hydrogen-bond acceptors (Lipinski definition) is 1. The predicted octanol–water partition coefficient (Wildman–Crippen LogP) is 3.80. The third kappa shape index (κ3) is 2.26. The summed E-state index contributed by atoms with van der Waals surface area (Å²) in [4.78, 5) is 0. The Morgan fingerprint density at radius 3 is 2.00 bits per heavy atom. The molecule has 0 aliphatic carbocycles. The van der Waals surface area contributed by atoms with Gasteiger partial charge in [-0.25, -0.2) is 0 Å². The van der Waals surface area contributed by atoms with E-state index >= 15 is 0 Å². The van der Waals surface area contributed by atoms with Gasteiger partial charge in [0.05, 0.1) is 0 Å². The first kappa shape index (κ1) is 11.9. The van der Waals surface area contributed by atoms with Gasteiger partial charge in [0.25, 0.3) is 0 Å². The maximum absolute atomic E-state index is 5.20. The summed E-state index contributed by atoms with van der Waals surface area (Å²) in [7, 11) is 0. The third-order valence-corrected chi connectivity index (χ3v) is 3.08. The van der Waals surface area contributed by atoms with Crippen LogP contribution in [0.3, 0.4) is 0 Å². The molecule has 0 saturated heterocycles. The quantitative estimate of drug-likeness (QED) is 0.733. The fraction of sp³-hybridized carbons (Fsp3) is 0.400. The van der Waals surface area contributed by atoms with Crippen molar-refractivity contribution < 1.29 is 8.98 Å². The highest BCUT2D eigenvalue weighted by molar-refractivity contribution is 5.44. The van der Waals surface area contributed by atoms with E-state index in [9.17, 15) is 0 Å².